The van der Waals surface area contributed by atoms with Crippen LogP contribution < -0.4 is 0 Å². The van der Waals surface area contributed by atoms with E-state index in [1.807, 2.05) is 6.07 Å². The Morgan fingerprint density at radius 3 is 2.02 bits per heavy atom. The van der Waals surface area contributed by atoms with E-state index in [-0.39, 0.29) is 0 Å². The normalized spacial score (nSPS) is 14.3. The van der Waals surface area contributed by atoms with Crippen LogP contribution in [0.4, 0.5) is 0 Å². The topological polar surface area (TPSA) is 23.0 Å². The first-order valence-electron chi connectivity index (χ1n) is 17.7. The van der Waals surface area contributed by atoms with Crippen molar-refractivity contribution in [2.75, 3.05) is 0 Å². The number of aromatic nitrogens is 2. The molecule has 240 valence electrons. The number of furan rings is 1. The molecular weight excluding hydrogens is 621 g/mol. The van der Waals surface area contributed by atoms with Crippen molar-refractivity contribution >= 4 is 60.7 Å². The van der Waals surface area contributed by atoms with Crippen LogP contribution in [0.5, 0.6) is 0 Å². The standard InChI is InChI=1S/C48H32N2O/c1-3-11-31(12-4-1)34-22-27-44-41(30-34)47-45(28-25-39-38-16-8-10-18-46(38)51-48(39)47)50(44)36-23-19-32(20-24-36)33-21-26-43-40(29-33)37-15-7-9-17-42(37)49(43)35-13-5-2-6-14-35/h1-28,30,33H,29H2. The van der Waals surface area contributed by atoms with E-state index in [2.05, 4.69) is 179 Å². The molecule has 0 bridgehead atoms. The SMILES string of the molecule is C1=CC(c2ccc(-n3c4ccc(-c5ccccc5)cc4c4c5oc6ccccc6c5ccc43)cc2)Cc2c1n(-c1ccccc1)c1ccccc21. The van der Waals surface area contributed by atoms with Crippen molar-refractivity contribution in [3.05, 3.63) is 187 Å². The molecule has 1 aliphatic carbocycles. The molecule has 3 nitrogen and oxygen atoms in total. The molecule has 0 saturated heterocycles. The maximum Gasteiger partial charge on any atom is 0.145 e. The number of allylic oxidation sites excluding steroid dienone is 1. The summed E-state index contributed by atoms with van der Waals surface area (Å²) >= 11 is 0. The van der Waals surface area contributed by atoms with Gasteiger partial charge in [-0.1, -0.05) is 109 Å². The van der Waals surface area contributed by atoms with Gasteiger partial charge < -0.3 is 13.6 Å². The van der Waals surface area contributed by atoms with Crippen molar-refractivity contribution < 1.29 is 4.42 Å². The highest BCUT2D eigenvalue weighted by Gasteiger charge is 2.24. The van der Waals surface area contributed by atoms with Gasteiger partial charge >= 0.3 is 0 Å². The molecule has 0 fully saturated rings. The zero-order valence-corrected chi connectivity index (χ0v) is 27.8. The number of hydrogen-bond donors (Lipinski definition) is 0. The summed E-state index contributed by atoms with van der Waals surface area (Å²) in [6.07, 6.45) is 5.69. The molecule has 3 heterocycles. The Kier molecular flexibility index (Phi) is 6.08. The molecule has 0 spiro atoms. The number of para-hydroxylation sites is 3. The summed E-state index contributed by atoms with van der Waals surface area (Å²) in [6.45, 7) is 0. The number of rotatable bonds is 4. The molecule has 0 N–H and O–H groups in total. The minimum atomic E-state index is 0.295. The molecule has 51 heavy (non-hydrogen) atoms. The van der Waals surface area contributed by atoms with Crippen LogP contribution in [0.1, 0.15) is 22.7 Å². The van der Waals surface area contributed by atoms with Gasteiger partial charge in [-0.2, -0.15) is 0 Å². The van der Waals surface area contributed by atoms with E-state index < -0.39 is 0 Å². The van der Waals surface area contributed by atoms with Gasteiger partial charge in [-0.25, -0.2) is 0 Å². The molecule has 1 unspecified atom stereocenters. The Morgan fingerprint density at radius 1 is 0.490 bits per heavy atom. The molecule has 0 amide bonds. The van der Waals surface area contributed by atoms with Crippen molar-refractivity contribution in [3.8, 4) is 22.5 Å². The van der Waals surface area contributed by atoms with Crippen LogP contribution in [0.25, 0.3) is 83.2 Å². The largest absolute Gasteiger partial charge is 0.455 e. The van der Waals surface area contributed by atoms with Crippen LogP contribution in [-0.2, 0) is 6.42 Å². The average molecular weight is 653 g/mol. The van der Waals surface area contributed by atoms with E-state index in [4.69, 9.17) is 4.42 Å². The molecule has 3 heteroatoms. The fraction of sp³-hybridized carbons (Fsp3) is 0.0417. The highest BCUT2D eigenvalue weighted by molar-refractivity contribution is 6.24. The van der Waals surface area contributed by atoms with Gasteiger partial charge in [0.25, 0.3) is 0 Å². The molecule has 7 aromatic carbocycles. The van der Waals surface area contributed by atoms with Crippen molar-refractivity contribution in [3.63, 3.8) is 0 Å². The maximum atomic E-state index is 6.63. The van der Waals surface area contributed by atoms with Crippen molar-refractivity contribution in [1.82, 2.24) is 9.13 Å². The Balaban J connectivity index is 1.04. The van der Waals surface area contributed by atoms with Crippen LogP contribution >= 0.6 is 0 Å². The van der Waals surface area contributed by atoms with Crippen LogP contribution in [0.15, 0.2) is 174 Å². The van der Waals surface area contributed by atoms with Crippen LogP contribution in [0, 0.1) is 0 Å². The second kappa shape index (κ2) is 11.0. The smallest absolute Gasteiger partial charge is 0.145 e. The van der Waals surface area contributed by atoms with E-state index >= 15 is 0 Å². The van der Waals surface area contributed by atoms with Gasteiger partial charge in [0, 0.05) is 44.5 Å². The molecule has 11 rings (SSSR count). The fourth-order valence-corrected chi connectivity index (χ4v) is 8.54. The van der Waals surface area contributed by atoms with Gasteiger partial charge in [-0.05, 0) is 95.4 Å². The van der Waals surface area contributed by atoms with Gasteiger partial charge in [0.05, 0.1) is 21.9 Å². The zero-order chi connectivity index (χ0) is 33.5. The first kappa shape index (κ1) is 28.3. The first-order valence-corrected chi connectivity index (χ1v) is 17.7. The predicted octanol–water partition coefficient (Wildman–Crippen LogP) is 12.6. The van der Waals surface area contributed by atoms with Crippen molar-refractivity contribution in [1.29, 1.82) is 0 Å². The van der Waals surface area contributed by atoms with E-state index in [9.17, 15) is 0 Å². The van der Waals surface area contributed by atoms with E-state index in [1.54, 1.807) is 0 Å². The number of benzene rings is 7. The molecule has 1 aliphatic rings. The van der Waals surface area contributed by atoms with E-state index in [0.717, 1.165) is 44.9 Å². The zero-order valence-electron chi connectivity index (χ0n) is 27.8. The molecule has 3 aromatic heterocycles. The summed E-state index contributed by atoms with van der Waals surface area (Å²) in [5.74, 6) is 0.295. The average Bonchev–Trinajstić information content (AvgIpc) is 3.86. The molecule has 10 aromatic rings. The number of nitrogens with zero attached hydrogens (tertiary/aromatic N) is 2. The van der Waals surface area contributed by atoms with Crippen LogP contribution in [0.3, 0.4) is 0 Å². The van der Waals surface area contributed by atoms with Crippen LogP contribution in [-0.4, -0.2) is 9.13 Å². The van der Waals surface area contributed by atoms with Gasteiger partial charge in [0.2, 0.25) is 0 Å². The monoisotopic (exact) mass is 652 g/mol. The lowest BCUT2D eigenvalue weighted by Crippen LogP contribution is -2.07. The van der Waals surface area contributed by atoms with Crippen LogP contribution in [0.2, 0.25) is 0 Å². The summed E-state index contributed by atoms with van der Waals surface area (Å²) in [6, 6.07) is 59.1. The lowest BCUT2D eigenvalue weighted by molar-refractivity contribution is 0.673. The third-order valence-corrected chi connectivity index (χ3v) is 10.9. The molecule has 0 aliphatic heterocycles. The van der Waals surface area contributed by atoms with E-state index in [1.165, 1.54) is 55.4 Å². The van der Waals surface area contributed by atoms with Gasteiger partial charge in [-0.3, -0.25) is 0 Å². The number of fused-ring (bicyclic) bond motifs is 10. The van der Waals surface area contributed by atoms with Gasteiger partial charge in [-0.15, -0.1) is 0 Å². The third-order valence-electron chi connectivity index (χ3n) is 10.9. The number of hydrogen-bond acceptors (Lipinski definition) is 1. The lowest BCUT2D eigenvalue weighted by atomic mass is 9.86. The van der Waals surface area contributed by atoms with Crippen molar-refractivity contribution in [2.24, 2.45) is 0 Å². The molecule has 0 saturated carbocycles. The molecule has 0 radical (unpaired) electrons. The Labute approximate surface area is 294 Å². The highest BCUT2D eigenvalue weighted by atomic mass is 16.3. The summed E-state index contributed by atoms with van der Waals surface area (Å²) in [4.78, 5) is 0. The predicted molar refractivity (Wildman–Crippen MR) is 212 cm³/mol. The third kappa shape index (κ3) is 4.25. The summed E-state index contributed by atoms with van der Waals surface area (Å²) in [5.41, 5.74) is 14.2. The summed E-state index contributed by atoms with van der Waals surface area (Å²) < 4.78 is 11.4. The molecular formula is C48H32N2O. The minimum Gasteiger partial charge on any atom is -0.455 e. The van der Waals surface area contributed by atoms with Gasteiger partial charge in [0.15, 0.2) is 0 Å². The Morgan fingerprint density at radius 2 is 1.18 bits per heavy atom. The summed E-state index contributed by atoms with van der Waals surface area (Å²) in [7, 11) is 0. The Hall–Kier alpha value is -6.58. The maximum absolute atomic E-state index is 6.63. The first-order chi connectivity index (χ1) is 25.3. The Bertz CT molecular complexity index is 2980. The lowest BCUT2D eigenvalue weighted by Gasteiger charge is -2.20. The second-order valence-corrected chi connectivity index (χ2v) is 13.7. The second-order valence-electron chi connectivity index (χ2n) is 13.7. The van der Waals surface area contributed by atoms with Gasteiger partial charge in [0.1, 0.15) is 11.2 Å². The van der Waals surface area contributed by atoms with Crippen molar-refractivity contribution in [2.45, 2.75) is 12.3 Å². The van der Waals surface area contributed by atoms with E-state index in [0.29, 0.717) is 5.92 Å². The highest BCUT2D eigenvalue weighted by Crippen LogP contribution is 2.43. The molecule has 1 atom stereocenters. The quantitative estimate of drug-likeness (QED) is 0.186. The summed E-state index contributed by atoms with van der Waals surface area (Å²) in [5, 5.41) is 5.97. The minimum absolute atomic E-state index is 0.295. The fourth-order valence-electron chi connectivity index (χ4n) is 8.54.